The average molecular weight is 416 g/mol. The molecular weight excluding hydrogens is 389 g/mol. The van der Waals surface area contributed by atoms with Crippen LogP contribution in [0.5, 0.6) is 0 Å². The summed E-state index contributed by atoms with van der Waals surface area (Å²) in [5.41, 5.74) is 1.04. The topological polar surface area (TPSA) is 54.0 Å². The number of benzene rings is 1. The summed E-state index contributed by atoms with van der Waals surface area (Å²) in [6.45, 7) is 4.65. The van der Waals surface area contributed by atoms with Crippen molar-refractivity contribution in [3.05, 3.63) is 41.4 Å². The molecule has 2 unspecified atom stereocenters. The number of nitrogens with zero attached hydrogens (tertiary/aromatic N) is 1. The predicted molar refractivity (Wildman–Crippen MR) is 115 cm³/mol. The van der Waals surface area contributed by atoms with E-state index in [1.54, 1.807) is 11.3 Å². The number of para-hydroxylation sites is 1. The summed E-state index contributed by atoms with van der Waals surface area (Å²) in [4.78, 5) is 17.4. The maximum absolute atomic E-state index is 12.6. The number of nitrogens with one attached hydrogen (secondary N) is 2. The van der Waals surface area contributed by atoms with Crippen molar-refractivity contribution in [3.8, 4) is 0 Å². The zero-order valence-corrected chi connectivity index (χ0v) is 17.4. The van der Waals surface area contributed by atoms with Crippen LogP contribution in [0.2, 0.25) is 0 Å². The van der Waals surface area contributed by atoms with E-state index in [0.29, 0.717) is 6.54 Å². The summed E-state index contributed by atoms with van der Waals surface area (Å²) >= 11 is 1.72. The number of carbonyl (C=O) groups is 1. The molecule has 7 heteroatoms. The quantitative estimate of drug-likeness (QED) is 0.523. The van der Waals surface area contributed by atoms with E-state index in [0.717, 1.165) is 42.9 Å². The summed E-state index contributed by atoms with van der Waals surface area (Å²) in [5.74, 6) is 0.333. The number of amides is 1. The van der Waals surface area contributed by atoms with E-state index in [4.69, 9.17) is 4.98 Å². The van der Waals surface area contributed by atoms with Gasteiger partial charge in [-0.2, -0.15) is 0 Å². The molecule has 0 spiro atoms. The van der Waals surface area contributed by atoms with E-state index in [9.17, 15) is 4.79 Å². The molecule has 0 saturated heterocycles. The normalized spacial score (nSPS) is 18.8. The Morgan fingerprint density at radius 2 is 1.92 bits per heavy atom. The molecular formula is C19H27Cl2N3OS. The third-order valence-electron chi connectivity index (χ3n) is 4.42. The largest absolute Gasteiger partial charge is 0.355 e. The van der Waals surface area contributed by atoms with Gasteiger partial charge in [0.15, 0.2) is 0 Å². The number of halogens is 2. The molecule has 2 atom stereocenters. The lowest BCUT2D eigenvalue weighted by atomic mass is 9.82. The third kappa shape index (κ3) is 5.68. The number of hydrogen-bond donors (Lipinski definition) is 2. The van der Waals surface area contributed by atoms with Gasteiger partial charge in [0.2, 0.25) is 5.91 Å². The summed E-state index contributed by atoms with van der Waals surface area (Å²) in [6.07, 6.45) is 7.12. The summed E-state index contributed by atoms with van der Waals surface area (Å²) < 4.78 is 1.20. The Morgan fingerprint density at radius 1 is 1.15 bits per heavy atom. The first-order valence-electron chi connectivity index (χ1n) is 8.78. The summed E-state index contributed by atoms with van der Waals surface area (Å²) in [5, 5.41) is 7.49. The molecule has 2 N–H and O–H groups in total. The molecule has 4 nitrogen and oxygen atoms in total. The highest BCUT2D eigenvalue weighted by molar-refractivity contribution is 7.18. The van der Waals surface area contributed by atoms with Crippen molar-refractivity contribution in [3.63, 3.8) is 0 Å². The highest BCUT2D eigenvalue weighted by atomic mass is 35.5. The minimum Gasteiger partial charge on any atom is -0.355 e. The van der Waals surface area contributed by atoms with Gasteiger partial charge >= 0.3 is 0 Å². The molecule has 1 amide bonds. The zero-order chi connectivity index (χ0) is 16.8. The van der Waals surface area contributed by atoms with Gasteiger partial charge in [-0.1, -0.05) is 31.2 Å². The Balaban J connectivity index is 0.00000169. The number of allylic oxidation sites excluding steroid dienone is 2. The maximum Gasteiger partial charge on any atom is 0.224 e. The van der Waals surface area contributed by atoms with Crippen LogP contribution in [0.3, 0.4) is 0 Å². The van der Waals surface area contributed by atoms with Crippen molar-refractivity contribution in [2.45, 2.75) is 32.1 Å². The van der Waals surface area contributed by atoms with Crippen LogP contribution in [0.15, 0.2) is 36.4 Å². The molecule has 0 aliphatic heterocycles. The second-order valence-corrected chi connectivity index (χ2v) is 7.28. The van der Waals surface area contributed by atoms with Crippen molar-refractivity contribution in [2.24, 2.45) is 5.92 Å². The van der Waals surface area contributed by atoms with Crippen molar-refractivity contribution >= 4 is 52.3 Å². The Kier molecular flexibility index (Phi) is 10.2. The van der Waals surface area contributed by atoms with E-state index >= 15 is 0 Å². The van der Waals surface area contributed by atoms with E-state index in [1.165, 1.54) is 4.70 Å². The molecule has 1 heterocycles. The van der Waals surface area contributed by atoms with Gasteiger partial charge in [0.1, 0.15) is 0 Å². The highest BCUT2D eigenvalue weighted by Crippen LogP contribution is 2.38. The van der Waals surface area contributed by atoms with Crippen LogP contribution in [0.4, 0.5) is 0 Å². The first-order chi connectivity index (χ1) is 11.8. The second-order valence-electron chi connectivity index (χ2n) is 6.22. The predicted octanol–water partition coefficient (Wildman–Crippen LogP) is 4.31. The van der Waals surface area contributed by atoms with Crippen molar-refractivity contribution in [1.82, 2.24) is 15.6 Å². The van der Waals surface area contributed by atoms with Gasteiger partial charge in [-0.05, 0) is 37.9 Å². The Labute approximate surface area is 171 Å². The lowest BCUT2D eigenvalue weighted by Crippen LogP contribution is -2.38. The van der Waals surface area contributed by atoms with E-state index in [-0.39, 0.29) is 42.6 Å². The van der Waals surface area contributed by atoms with Gasteiger partial charge < -0.3 is 10.6 Å². The minimum atomic E-state index is -0.0123. The van der Waals surface area contributed by atoms with Gasteiger partial charge in [-0.15, -0.1) is 36.2 Å². The number of aromatic nitrogens is 1. The SMILES string of the molecule is CCCNCCNC(=O)C1CC=CCC1c1nc2ccccc2s1.Cl.Cl. The summed E-state index contributed by atoms with van der Waals surface area (Å²) in [6, 6.07) is 8.20. The Hall–Kier alpha value is -1.14. The van der Waals surface area contributed by atoms with Gasteiger partial charge in [0.05, 0.1) is 21.1 Å². The fourth-order valence-corrected chi connectivity index (χ4v) is 4.28. The monoisotopic (exact) mass is 415 g/mol. The molecule has 0 bridgehead atoms. The molecule has 26 heavy (non-hydrogen) atoms. The molecule has 1 aromatic heterocycles. The Morgan fingerprint density at radius 3 is 2.69 bits per heavy atom. The number of rotatable bonds is 7. The molecule has 0 fully saturated rings. The third-order valence-corrected chi connectivity index (χ3v) is 5.59. The van der Waals surface area contributed by atoms with Gasteiger partial charge in [-0.25, -0.2) is 4.98 Å². The van der Waals surface area contributed by atoms with Crippen LogP contribution >= 0.6 is 36.2 Å². The maximum atomic E-state index is 12.6. The van der Waals surface area contributed by atoms with E-state index in [2.05, 4.69) is 35.8 Å². The standard InChI is InChI=1S/C19H25N3OS.2ClH/c1-2-11-20-12-13-21-18(23)14-7-3-4-8-15(14)19-22-16-9-5-6-10-17(16)24-19;;/h3-6,9-10,14-15,20H,2,7-8,11-13H2,1H3,(H,21,23);2*1H. The van der Waals surface area contributed by atoms with Crippen LogP contribution < -0.4 is 10.6 Å². The lowest BCUT2D eigenvalue weighted by Gasteiger charge is -2.26. The molecule has 3 rings (SSSR count). The van der Waals surface area contributed by atoms with Crippen LogP contribution in [-0.4, -0.2) is 30.5 Å². The van der Waals surface area contributed by atoms with E-state index in [1.807, 2.05) is 18.2 Å². The zero-order valence-electron chi connectivity index (χ0n) is 14.9. The molecule has 144 valence electrons. The van der Waals surface area contributed by atoms with Gasteiger partial charge in [-0.3, -0.25) is 4.79 Å². The van der Waals surface area contributed by atoms with Crippen LogP contribution in [0.25, 0.3) is 10.2 Å². The first kappa shape index (κ1) is 22.9. The van der Waals surface area contributed by atoms with Gasteiger partial charge in [0, 0.05) is 19.0 Å². The summed E-state index contributed by atoms with van der Waals surface area (Å²) in [7, 11) is 0. The molecule has 0 radical (unpaired) electrons. The smallest absolute Gasteiger partial charge is 0.224 e. The molecule has 1 aromatic carbocycles. The molecule has 0 saturated carbocycles. The molecule has 1 aliphatic carbocycles. The average Bonchev–Trinajstić information content (AvgIpc) is 3.05. The minimum absolute atomic E-state index is 0. The Bertz CT molecular complexity index is 687. The molecule has 2 aromatic rings. The van der Waals surface area contributed by atoms with Crippen molar-refractivity contribution < 1.29 is 4.79 Å². The highest BCUT2D eigenvalue weighted by Gasteiger charge is 2.32. The first-order valence-corrected chi connectivity index (χ1v) is 9.60. The number of carbonyl (C=O) groups excluding carboxylic acids is 1. The fourth-order valence-electron chi connectivity index (χ4n) is 3.13. The second kappa shape index (κ2) is 11.5. The van der Waals surface area contributed by atoms with E-state index < -0.39 is 0 Å². The van der Waals surface area contributed by atoms with Crippen molar-refractivity contribution in [1.29, 1.82) is 0 Å². The lowest BCUT2D eigenvalue weighted by molar-refractivity contribution is -0.125. The van der Waals surface area contributed by atoms with Gasteiger partial charge in [0.25, 0.3) is 0 Å². The number of hydrogen-bond acceptors (Lipinski definition) is 4. The van der Waals surface area contributed by atoms with Crippen LogP contribution in [0, 0.1) is 5.92 Å². The number of fused-ring (bicyclic) bond motifs is 1. The number of thiazole rings is 1. The van der Waals surface area contributed by atoms with Crippen LogP contribution in [0.1, 0.15) is 37.1 Å². The fraction of sp³-hybridized carbons (Fsp3) is 0.474. The van der Waals surface area contributed by atoms with Crippen LogP contribution in [-0.2, 0) is 4.79 Å². The molecule has 1 aliphatic rings. The van der Waals surface area contributed by atoms with Crippen molar-refractivity contribution in [2.75, 3.05) is 19.6 Å².